The summed E-state index contributed by atoms with van der Waals surface area (Å²) in [4.78, 5) is 14.8. The zero-order chi connectivity index (χ0) is 22.7. The molecule has 1 saturated heterocycles. The Morgan fingerprint density at radius 1 is 0.969 bits per heavy atom. The SMILES string of the molecule is Cc1[nH]nc(-c2ccc(N3CCCCC3)cc2)c1NC(=O)Nc1ccc(C(F)(F)F)cc1. The molecule has 3 N–H and O–H groups in total. The van der Waals surface area contributed by atoms with Crippen molar-refractivity contribution < 1.29 is 18.0 Å². The number of nitrogens with one attached hydrogen (secondary N) is 3. The quantitative estimate of drug-likeness (QED) is 0.460. The molecule has 1 aliphatic rings. The van der Waals surface area contributed by atoms with Crippen LogP contribution in [0.3, 0.4) is 0 Å². The lowest BCUT2D eigenvalue weighted by Gasteiger charge is -2.28. The maximum atomic E-state index is 12.7. The van der Waals surface area contributed by atoms with Crippen LogP contribution < -0.4 is 15.5 Å². The van der Waals surface area contributed by atoms with Gasteiger partial charge in [0.2, 0.25) is 0 Å². The van der Waals surface area contributed by atoms with Gasteiger partial charge in [-0.15, -0.1) is 0 Å². The molecule has 2 amide bonds. The number of aromatic nitrogens is 2. The number of halogens is 3. The first-order valence-electron chi connectivity index (χ1n) is 10.5. The van der Waals surface area contributed by atoms with E-state index in [4.69, 9.17) is 0 Å². The summed E-state index contributed by atoms with van der Waals surface area (Å²) in [5.74, 6) is 0. The molecule has 32 heavy (non-hydrogen) atoms. The number of aromatic amines is 1. The van der Waals surface area contributed by atoms with Crippen molar-refractivity contribution in [3.05, 3.63) is 59.8 Å². The molecule has 6 nitrogen and oxygen atoms in total. The Kier molecular flexibility index (Phi) is 6.07. The second kappa shape index (κ2) is 8.94. The normalized spacial score (nSPS) is 14.3. The van der Waals surface area contributed by atoms with Gasteiger partial charge in [0.1, 0.15) is 5.69 Å². The van der Waals surface area contributed by atoms with Gasteiger partial charge in [-0.05, 0) is 62.6 Å². The Balaban J connectivity index is 1.46. The number of hydrogen-bond donors (Lipinski definition) is 3. The van der Waals surface area contributed by atoms with E-state index in [1.807, 2.05) is 12.1 Å². The van der Waals surface area contributed by atoms with Crippen LogP contribution in [0.4, 0.5) is 35.0 Å². The topological polar surface area (TPSA) is 73.0 Å². The largest absolute Gasteiger partial charge is 0.416 e. The van der Waals surface area contributed by atoms with E-state index < -0.39 is 17.8 Å². The number of alkyl halides is 3. The Morgan fingerprint density at radius 2 is 1.62 bits per heavy atom. The van der Waals surface area contributed by atoms with Gasteiger partial charge < -0.3 is 15.5 Å². The number of piperidine rings is 1. The van der Waals surface area contributed by atoms with Gasteiger partial charge in [0, 0.05) is 30.0 Å². The second-order valence-corrected chi connectivity index (χ2v) is 7.82. The van der Waals surface area contributed by atoms with Gasteiger partial charge in [-0.3, -0.25) is 5.10 Å². The number of hydrogen-bond acceptors (Lipinski definition) is 3. The molecule has 0 saturated carbocycles. The van der Waals surface area contributed by atoms with Crippen LogP contribution >= 0.6 is 0 Å². The minimum atomic E-state index is -4.42. The molecule has 168 valence electrons. The first kappa shape index (κ1) is 21.7. The van der Waals surface area contributed by atoms with Gasteiger partial charge in [-0.1, -0.05) is 12.1 Å². The summed E-state index contributed by atoms with van der Waals surface area (Å²) in [6.07, 6.45) is -0.761. The molecule has 0 radical (unpaired) electrons. The monoisotopic (exact) mass is 443 g/mol. The summed E-state index contributed by atoms with van der Waals surface area (Å²) < 4.78 is 38.1. The molecule has 4 rings (SSSR count). The van der Waals surface area contributed by atoms with Crippen LogP contribution in [0.25, 0.3) is 11.3 Å². The fourth-order valence-corrected chi connectivity index (χ4v) is 3.79. The van der Waals surface area contributed by atoms with E-state index in [1.165, 1.54) is 31.4 Å². The molecule has 1 aromatic heterocycles. The Morgan fingerprint density at radius 3 is 2.25 bits per heavy atom. The van der Waals surface area contributed by atoms with Gasteiger partial charge in [-0.2, -0.15) is 18.3 Å². The average Bonchev–Trinajstić information content (AvgIpc) is 3.14. The first-order valence-corrected chi connectivity index (χ1v) is 10.5. The Labute approximate surface area is 183 Å². The molecule has 2 heterocycles. The van der Waals surface area contributed by atoms with Crippen molar-refractivity contribution in [1.29, 1.82) is 0 Å². The summed E-state index contributed by atoms with van der Waals surface area (Å²) >= 11 is 0. The fraction of sp³-hybridized carbons (Fsp3) is 0.304. The number of anilines is 3. The van der Waals surface area contributed by atoms with Gasteiger partial charge >= 0.3 is 12.2 Å². The first-order chi connectivity index (χ1) is 15.3. The van der Waals surface area contributed by atoms with Crippen molar-refractivity contribution in [3.8, 4) is 11.3 Å². The molecular formula is C23H24F3N5O. The number of rotatable bonds is 4. The summed E-state index contributed by atoms with van der Waals surface area (Å²) in [5.41, 5.74) is 3.27. The molecule has 1 aliphatic heterocycles. The van der Waals surface area contributed by atoms with Crippen LogP contribution in [0.5, 0.6) is 0 Å². The van der Waals surface area contributed by atoms with Crippen molar-refractivity contribution in [2.75, 3.05) is 28.6 Å². The molecular weight excluding hydrogens is 419 g/mol. The molecule has 0 bridgehead atoms. The number of carbonyl (C=O) groups excluding carboxylic acids is 1. The highest BCUT2D eigenvalue weighted by Gasteiger charge is 2.30. The smallest absolute Gasteiger partial charge is 0.372 e. The van der Waals surface area contributed by atoms with Gasteiger partial charge in [0.05, 0.1) is 16.9 Å². The highest BCUT2D eigenvalue weighted by molar-refractivity contribution is 6.02. The number of H-pyrrole nitrogens is 1. The Hall–Kier alpha value is -3.49. The number of aryl methyl sites for hydroxylation is 1. The van der Waals surface area contributed by atoms with E-state index in [9.17, 15) is 18.0 Å². The lowest BCUT2D eigenvalue weighted by Crippen LogP contribution is -2.29. The molecule has 0 unspecified atom stereocenters. The fourth-order valence-electron chi connectivity index (χ4n) is 3.79. The predicted octanol–water partition coefficient (Wildman–Crippen LogP) is 6.04. The highest BCUT2D eigenvalue weighted by atomic mass is 19.4. The second-order valence-electron chi connectivity index (χ2n) is 7.82. The van der Waals surface area contributed by atoms with E-state index in [0.717, 1.165) is 36.5 Å². The van der Waals surface area contributed by atoms with Crippen molar-refractivity contribution in [3.63, 3.8) is 0 Å². The van der Waals surface area contributed by atoms with Gasteiger partial charge in [0.25, 0.3) is 0 Å². The minimum Gasteiger partial charge on any atom is -0.372 e. The van der Waals surface area contributed by atoms with Crippen LogP contribution in [0, 0.1) is 6.92 Å². The Bertz CT molecular complexity index is 1070. The van der Waals surface area contributed by atoms with Gasteiger partial charge in [-0.25, -0.2) is 4.79 Å². The molecule has 0 aliphatic carbocycles. The van der Waals surface area contributed by atoms with Crippen molar-refractivity contribution in [1.82, 2.24) is 10.2 Å². The van der Waals surface area contributed by atoms with E-state index in [2.05, 4.69) is 37.9 Å². The van der Waals surface area contributed by atoms with E-state index >= 15 is 0 Å². The van der Waals surface area contributed by atoms with E-state index in [0.29, 0.717) is 17.1 Å². The summed E-state index contributed by atoms with van der Waals surface area (Å²) in [6.45, 7) is 3.89. The van der Waals surface area contributed by atoms with Crippen LogP contribution in [0.2, 0.25) is 0 Å². The lowest BCUT2D eigenvalue weighted by atomic mass is 10.1. The summed E-state index contributed by atoms with van der Waals surface area (Å²) in [6, 6.07) is 11.8. The molecule has 1 fully saturated rings. The lowest BCUT2D eigenvalue weighted by molar-refractivity contribution is -0.137. The molecule has 9 heteroatoms. The minimum absolute atomic E-state index is 0.254. The molecule has 2 aromatic carbocycles. The van der Waals surface area contributed by atoms with Crippen molar-refractivity contribution in [2.45, 2.75) is 32.4 Å². The number of urea groups is 1. The number of nitrogens with zero attached hydrogens (tertiary/aromatic N) is 2. The van der Waals surface area contributed by atoms with Crippen LogP contribution in [-0.4, -0.2) is 29.3 Å². The number of amides is 2. The van der Waals surface area contributed by atoms with Crippen LogP contribution in [0.1, 0.15) is 30.5 Å². The summed E-state index contributed by atoms with van der Waals surface area (Å²) in [5, 5.41) is 12.5. The van der Waals surface area contributed by atoms with E-state index in [1.54, 1.807) is 6.92 Å². The predicted molar refractivity (Wildman–Crippen MR) is 119 cm³/mol. The summed E-state index contributed by atoms with van der Waals surface area (Å²) in [7, 11) is 0. The number of carbonyl (C=O) groups is 1. The zero-order valence-electron chi connectivity index (χ0n) is 17.6. The van der Waals surface area contributed by atoms with Crippen LogP contribution in [0.15, 0.2) is 48.5 Å². The zero-order valence-corrected chi connectivity index (χ0v) is 17.6. The molecule has 0 spiro atoms. The molecule has 0 atom stereocenters. The maximum Gasteiger partial charge on any atom is 0.416 e. The third kappa shape index (κ3) is 4.87. The standard InChI is InChI=1S/C23H24F3N5O/c1-15-20(28-22(32)27-18-9-7-17(8-10-18)23(24,25)26)21(30-29-15)16-5-11-19(12-6-16)31-13-3-2-4-14-31/h5-12H,2-4,13-14H2,1H3,(H,29,30)(H2,27,28,32). The van der Waals surface area contributed by atoms with E-state index in [-0.39, 0.29) is 5.69 Å². The third-order valence-corrected chi connectivity index (χ3v) is 5.52. The van der Waals surface area contributed by atoms with Crippen LogP contribution in [-0.2, 0) is 6.18 Å². The molecule has 3 aromatic rings. The highest BCUT2D eigenvalue weighted by Crippen LogP contribution is 2.32. The van der Waals surface area contributed by atoms with Gasteiger partial charge in [0.15, 0.2) is 0 Å². The maximum absolute atomic E-state index is 12.7. The number of benzene rings is 2. The van der Waals surface area contributed by atoms with Crippen molar-refractivity contribution >= 4 is 23.1 Å². The third-order valence-electron chi connectivity index (χ3n) is 5.52. The van der Waals surface area contributed by atoms with Crippen molar-refractivity contribution in [2.24, 2.45) is 0 Å². The average molecular weight is 443 g/mol.